The van der Waals surface area contributed by atoms with E-state index in [1.54, 1.807) is 6.26 Å². The van der Waals surface area contributed by atoms with Crippen LogP contribution in [0.1, 0.15) is 42.6 Å². The van der Waals surface area contributed by atoms with Crippen molar-refractivity contribution >= 4 is 17.4 Å². The van der Waals surface area contributed by atoms with Crippen molar-refractivity contribution in [2.75, 3.05) is 10.6 Å². The van der Waals surface area contributed by atoms with Gasteiger partial charge < -0.3 is 15.1 Å². The van der Waals surface area contributed by atoms with Crippen LogP contribution in [-0.4, -0.2) is 15.9 Å². The third-order valence-corrected chi connectivity index (χ3v) is 3.89. The molecule has 0 aliphatic carbocycles. The summed E-state index contributed by atoms with van der Waals surface area (Å²) in [6.45, 7) is 6.83. The average Bonchev–Trinajstić information content (AvgIpc) is 3.13. The molecule has 0 aliphatic heterocycles. The van der Waals surface area contributed by atoms with Gasteiger partial charge in [-0.2, -0.15) is 0 Å². The van der Waals surface area contributed by atoms with Gasteiger partial charge in [0.15, 0.2) is 0 Å². The molecule has 0 spiro atoms. The van der Waals surface area contributed by atoms with E-state index in [1.807, 2.05) is 36.4 Å². The Kier molecular flexibility index (Phi) is 5.02. The Labute approximate surface area is 152 Å². The minimum atomic E-state index is -0.285. The number of hydrogen-bond donors (Lipinski definition) is 2. The standard InChI is InChI=1S/C20H22N4O2/c1-20(2,3)15-8-4-5-9-16(15)24-19(25)17-12-23-18(13-21-17)22-11-14-7-6-10-26-14/h4-10,12-13H,11H2,1-3H3,(H,22,23)(H,24,25). The molecule has 1 amide bonds. The van der Waals surface area contributed by atoms with Crippen molar-refractivity contribution in [2.24, 2.45) is 0 Å². The number of aromatic nitrogens is 2. The first-order chi connectivity index (χ1) is 12.4. The van der Waals surface area contributed by atoms with Crippen LogP contribution in [0.3, 0.4) is 0 Å². The highest BCUT2D eigenvalue weighted by Crippen LogP contribution is 2.29. The lowest BCUT2D eigenvalue weighted by molar-refractivity contribution is 0.102. The normalized spacial score (nSPS) is 11.2. The van der Waals surface area contributed by atoms with E-state index in [4.69, 9.17) is 4.42 Å². The zero-order valence-electron chi connectivity index (χ0n) is 15.1. The quantitative estimate of drug-likeness (QED) is 0.720. The molecule has 0 saturated carbocycles. The number of rotatable bonds is 5. The zero-order valence-corrected chi connectivity index (χ0v) is 15.1. The van der Waals surface area contributed by atoms with Gasteiger partial charge in [0.1, 0.15) is 17.3 Å². The number of nitrogens with zero attached hydrogens (tertiary/aromatic N) is 2. The third kappa shape index (κ3) is 4.27. The summed E-state index contributed by atoms with van der Waals surface area (Å²) < 4.78 is 5.25. The van der Waals surface area contributed by atoms with Gasteiger partial charge in [0, 0.05) is 5.69 Å². The summed E-state index contributed by atoms with van der Waals surface area (Å²) in [6, 6.07) is 11.5. The van der Waals surface area contributed by atoms with Crippen molar-refractivity contribution in [2.45, 2.75) is 32.7 Å². The first-order valence-electron chi connectivity index (χ1n) is 8.42. The van der Waals surface area contributed by atoms with Crippen molar-refractivity contribution in [3.63, 3.8) is 0 Å². The fraction of sp³-hybridized carbons (Fsp3) is 0.250. The van der Waals surface area contributed by atoms with Gasteiger partial charge in [0.25, 0.3) is 5.91 Å². The second-order valence-electron chi connectivity index (χ2n) is 6.97. The number of hydrogen-bond acceptors (Lipinski definition) is 5. The van der Waals surface area contributed by atoms with Gasteiger partial charge in [-0.15, -0.1) is 0 Å². The Morgan fingerprint density at radius 3 is 2.54 bits per heavy atom. The van der Waals surface area contributed by atoms with Gasteiger partial charge in [-0.1, -0.05) is 39.0 Å². The highest BCUT2D eigenvalue weighted by atomic mass is 16.3. The number of furan rings is 1. The molecule has 0 saturated heterocycles. The summed E-state index contributed by atoms with van der Waals surface area (Å²) in [7, 11) is 0. The summed E-state index contributed by atoms with van der Waals surface area (Å²) in [6.07, 6.45) is 4.61. The van der Waals surface area contributed by atoms with E-state index in [0.717, 1.165) is 17.0 Å². The number of nitrogens with one attached hydrogen (secondary N) is 2. The molecule has 26 heavy (non-hydrogen) atoms. The topological polar surface area (TPSA) is 80.0 Å². The van der Waals surface area contributed by atoms with Crippen molar-refractivity contribution < 1.29 is 9.21 Å². The number of carbonyl (C=O) groups is 1. The van der Waals surface area contributed by atoms with Crippen LogP contribution < -0.4 is 10.6 Å². The number of para-hydroxylation sites is 1. The van der Waals surface area contributed by atoms with Crippen molar-refractivity contribution in [1.29, 1.82) is 0 Å². The Bertz CT molecular complexity index is 866. The highest BCUT2D eigenvalue weighted by Gasteiger charge is 2.19. The molecule has 6 nitrogen and oxygen atoms in total. The molecule has 6 heteroatoms. The molecule has 1 aromatic carbocycles. The molecule has 0 fully saturated rings. The number of anilines is 2. The van der Waals surface area contributed by atoms with Crippen LogP contribution >= 0.6 is 0 Å². The Hall–Kier alpha value is -3.15. The molecule has 0 aliphatic rings. The molecule has 0 unspecified atom stereocenters. The molecular weight excluding hydrogens is 328 g/mol. The molecule has 2 N–H and O–H groups in total. The van der Waals surface area contributed by atoms with Crippen LogP contribution in [0.2, 0.25) is 0 Å². The molecule has 3 rings (SSSR count). The van der Waals surface area contributed by atoms with Gasteiger partial charge in [0.05, 0.1) is 25.2 Å². The first-order valence-corrected chi connectivity index (χ1v) is 8.42. The smallest absolute Gasteiger partial charge is 0.275 e. The zero-order chi connectivity index (χ0) is 18.6. The van der Waals surface area contributed by atoms with Crippen LogP contribution in [-0.2, 0) is 12.0 Å². The van der Waals surface area contributed by atoms with Gasteiger partial charge in [-0.05, 0) is 29.2 Å². The van der Waals surface area contributed by atoms with Crippen LogP contribution in [0.4, 0.5) is 11.5 Å². The van der Waals surface area contributed by atoms with E-state index in [0.29, 0.717) is 12.4 Å². The average molecular weight is 350 g/mol. The predicted molar refractivity (Wildman–Crippen MR) is 101 cm³/mol. The fourth-order valence-electron chi connectivity index (χ4n) is 2.56. The summed E-state index contributed by atoms with van der Waals surface area (Å²) in [5.74, 6) is 1.09. The van der Waals surface area contributed by atoms with Gasteiger partial charge >= 0.3 is 0 Å². The molecule has 0 bridgehead atoms. The van der Waals surface area contributed by atoms with E-state index in [1.165, 1.54) is 12.4 Å². The molecule has 2 aromatic heterocycles. The maximum absolute atomic E-state index is 12.5. The molecule has 134 valence electrons. The monoisotopic (exact) mass is 350 g/mol. The van der Waals surface area contributed by atoms with Crippen molar-refractivity contribution in [3.05, 3.63) is 72.1 Å². The Balaban J connectivity index is 1.67. The van der Waals surface area contributed by atoms with Crippen LogP contribution in [0, 0.1) is 0 Å². The SMILES string of the molecule is CC(C)(C)c1ccccc1NC(=O)c1cnc(NCc2ccco2)cn1. The predicted octanol–water partition coefficient (Wildman–Crippen LogP) is 4.23. The second kappa shape index (κ2) is 7.39. The lowest BCUT2D eigenvalue weighted by atomic mass is 9.86. The van der Waals surface area contributed by atoms with Gasteiger partial charge in [-0.3, -0.25) is 4.79 Å². The van der Waals surface area contributed by atoms with E-state index >= 15 is 0 Å². The van der Waals surface area contributed by atoms with E-state index < -0.39 is 0 Å². The first kappa shape index (κ1) is 17.7. The van der Waals surface area contributed by atoms with E-state index in [-0.39, 0.29) is 17.0 Å². The van der Waals surface area contributed by atoms with Crippen LogP contribution in [0.25, 0.3) is 0 Å². The number of benzene rings is 1. The van der Waals surface area contributed by atoms with E-state index in [2.05, 4.69) is 41.4 Å². The Morgan fingerprint density at radius 2 is 1.88 bits per heavy atom. The summed E-state index contributed by atoms with van der Waals surface area (Å²) in [5.41, 5.74) is 2.04. The fourth-order valence-corrected chi connectivity index (χ4v) is 2.56. The van der Waals surface area contributed by atoms with Gasteiger partial charge in [0.2, 0.25) is 0 Å². The highest BCUT2D eigenvalue weighted by molar-refractivity contribution is 6.03. The summed E-state index contributed by atoms with van der Waals surface area (Å²) in [4.78, 5) is 20.9. The lowest BCUT2D eigenvalue weighted by Gasteiger charge is -2.22. The summed E-state index contributed by atoms with van der Waals surface area (Å²) in [5, 5.41) is 6.02. The van der Waals surface area contributed by atoms with Crippen LogP contribution in [0.5, 0.6) is 0 Å². The molecule has 0 radical (unpaired) electrons. The maximum atomic E-state index is 12.5. The minimum absolute atomic E-state index is 0.0742. The third-order valence-electron chi connectivity index (χ3n) is 3.89. The number of carbonyl (C=O) groups excluding carboxylic acids is 1. The molecule has 2 heterocycles. The van der Waals surface area contributed by atoms with Crippen LogP contribution in [0.15, 0.2) is 59.5 Å². The molecular formula is C20H22N4O2. The summed E-state index contributed by atoms with van der Waals surface area (Å²) >= 11 is 0. The number of amides is 1. The van der Waals surface area contributed by atoms with Crippen molar-refractivity contribution in [1.82, 2.24) is 9.97 Å². The second-order valence-corrected chi connectivity index (χ2v) is 6.97. The largest absolute Gasteiger partial charge is 0.467 e. The van der Waals surface area contributed by atoms with Crippen molar-refractivity contribution in [3.8, 4) is 0 Å². The molecule has 3 aromatic rings. The molecule has 0 atom stereocenters. The van der Waals surface area contributed by atoms with E-state index in [9.17, 15) is 4.79 Å². The minimum Gasteiger partial charge on any atom is -0.467 e. The lowest BCUT2D eigenvalue weighted by Crippen LogP contribution is -2.19. The maximum Gasteiger partial charge on any atom is 0.275 e. The Morgan fingerprint density at radius 1 is 1.08 bits per heavy atom. The van der Waals surface area contributed by atoms with Gasteiger partial charge in [-0.25, -0.2) is 9.97 Å².